The summed E-state index contributed by atoms with van der Waals surface area (Å²) in [6, 6.07) is 5.02. The minimum Gasteiger partial charge on any atom is -0.393 e. The summed E-state index contributed by atoms with van der Waals surface area (Å²) in [7, 11) is 0. The number of nitro benzene ring substituents is 1. The van der Waals surface area contributed by atoms with Crippen LogP contribution in [0, 0.1) is 10.1 Å². The average Bonchev–Trinajstić information content (AvgIpc) is 2.26. The van der Waals surface area contributed by atoms with Crippen molar-refractivity contribution in [3.05, 3.63) is 33.9 Å². The minimum absolute atomic E-state index is 0.00796. The van der Waals surface area contributed by atoms with E-state index in [9.17, 15) is 10.1 Å². The molecule has 0 unspecified atom stereocenters. The van der Waals surface area contributed by atoms with E-state index < -0.39 is 4.92 Å². The van der Waals surface area contributed by atoms with Crippen LogP contribution in [-0.4, -0.2) is 10.7 Å². The van der Waals surface area contributed by atoms with Gasteiger partial charge in [0.15, 0.2) is 0 Å². The summed E-state index contributed by atoms with van der Waals surface area (Å²) in [4.78, 5) is 10.2. The average molecular weight is 240 g/mol. The third kappa shape index (κ3) is 3.73. The van der Waals surface area contributed by atoms with Crippen molar-refractivity contribution in [3.63, 3.8) is 0 Å². The van der Waals surface area contributed by atoms with Crippen LogP contribution in [0.5, 0.6) is 0 Å². The van der Waals surface area contributed by atoms with Crippen molar-refractivity contribution < 1.29 is 4.92 Å². The van der Waals surface area contributed by atoms with Crippen LogP contribution in [-0.2, 0) is 5.75 Å². The van der Waals surface area contributed by atoms with E-state index in [1.165, 1.54) is 12.8 Å². The van der Waals surface area contributed by atoms with Gasteiger partial charge in [0.05, 0.1) is 4.92 Å². The summed E-state index contributed by atoms with van der Waals surface area (Å²) >= 11 is 1.79. The maximum atomic E-state index is 10.7. The fraction of sp³-hybridized carbons (Fsp3) is 0.455. The van der Waals surface area contributed by atoms with E-state index in [1.54, 1.807) is 23.9 Å². The molecule has 0 aliphatic heterocycles. The fourth-order valence-corrected chi connectivity index (χ4v) is 2.33. The summed E-state index contributed by atoms with van der Waals surface area (Å²) in [5.74, 6) is 1.90. The van der Waals surface area contributed by atoms with Crippen LogP contribution in [0.15, 0.2) is 18.2 Å². The number of benzene rings is 1. The standard InChI is InChI=1S/C11H16N2O2S/c1-2-3-6-16-8-9-4-5-10(12)11(7-9)13(14)15/h4-5,7H,2-3,6,8,12H2,1H3. The van der Waals surface area contributed by atoms with Gasteiger partial charge in [-0.1, -0.05) is 19.4 Å². The summed E-state index contributed by atoms with van der Waals surface area (Å²) in [6.45, 7) is 2.15. The number of nitrogens with zero attached hydrogens (tertiary/aromatic N) is 1. The molecule has 2 N–H and O–H groups in total. The summed E-state index contributed by atoms with van der Waals surface area (Å²) < 4.78 is 0. The molecule has 0 radical (unpaired) electrons. The van der Waals surface area contributed by atoms with E-state index in [4.69, 9.17) is 5.73 Å². The molecule has 1 aromatic carbocycles. The predicted octanol–water partition coefficient (Wildman–Crippen LogP) is 3.21. The number of rotatable bonds is 6. The molecule has 0 spiro atoms. The second-order valence-corrected chi connectivity index (χ2v) is 4.66. The van der Waals surface area contributed by atoms with Crippen molar-refractivity contribution in [2.45, 2.75) is 25.5 Å². The van der Waals surface area contributed by atoms with Crippen molar-refractivity contribution >= 4 is 23.1 Å². The molecular formula is C11H16N2O2S. The zero-order valence-electron chi connectivity index (χ0n) is 9.31. The van der Waals surface area contributed by atoms with Gasteiger partial charge >= 0.3 is 0 Å². The predicted molar refractivity (Wildman–Crippen MR) is 68.6 cm³/mol. The molecule has 0 saturated carbocycles. The van der Waals surface area contributed by atoms with Gasteiger partial charge in [0.25, 0.3) is 5.69 Å². The lowest BCUT2D eigenvalue weighted by molar-refractivity contribution is -0.383. The molecule has 0 fully saturated rings. The Morgan fingerprint density at radius 3 is 2.88 bits per heavy atom. The lowest BCUT2D eigenvalue weighted by atomic mass is 10.2. The van der Waals surface area contributed by atoms with Gasteiger partial charge in [-0.25, -0.2) is 0 Å². The van der Waals surface area contributed by atoms with E-state index in [0.29, 0.717) is 0 Å². The molecule has 0 saturated heterocycles. The molecule has 1 aromatic rings. The Bertz CT molecular complexity index is 369. The number of nitrogen functional groups attached to an aromatic ring is 1. The van der Waals surface area contributed by atoms with Crippen LogP contribution in [0.2, 0.25) is 0 Å². The number of thioether (sulfide) groups is 1. The van der Waals surface area contributed by atoms with Crippen LogP contribution >= 0.6 is 11.8 Å². The zero-order valence-corrected chi connectivity index (χ0v) is 10.1. The van der Waals surface area contributed by atoms with Gasteiger partial charge in [-0.3, -0.25) is 10.1 Å². The van der Waals surface area contributed by atoms with Gasteiger partial charge in [-0.05, 0) is 23.8 Å². The van der Waals surface area contributed by atoms with Gasteiger partial charge < -0.3 is 5.73 Å². The summed E-state index contributed by atoms with van der Waals surface area (Å²) in [5.41, 5.74) is 6.72. The minimum atomic E-state index is -0.435. The molecular weight excluding hydrogens is 224 g/mol. The molecule has 0 bridgehead atoms. The second-order valence-electron chi connectivity index (χ2n) is 3.56. The first-order valence-corrected chi connectivity index (χ1v) is 6.41. The Morgan fingerprint density at radius 1 is 1.50 bits per heavy atom. The van der Waals surface area contributed by atoms with Crippen LogP contribution in [0.4, 0.5) is 11.4 Å². The number of hydrogen-bond donors (Lipinski definition) is 1. The smallest absolute Gasteiger partial charge is 0.292 e. The fourth-order valence-electron chi connectivity index (χ4n) is 1.27. The van der Waals surface area contributed by atoms with Crippen LogP contribution in [0.25, 0.3) is 0 Å². The highest BCUT2D eigenvalue weighted by atomic mass is 32.2. The molecule has 0 amide bonds. The Hall–Kier alpha value is -1.23. The zero-order chi connectivity index (χ0) is 12.0. The molecule has 0 aliphatic rings. The highest BCUT2D eigenvalue weighted by Crippen LogP contribution is 2.24. The number of hydrogen-bond acceptors (Lipinski definition) is 4. The van der Waals surface area contributed by atoms with Gasteiger partial charge in [0, 0.05) is 11.8 Å². The second kappa shape index (κ2) is 6.37. The number of nitrogens with two attached hydrogens (primary N) is 1. The van der Waals surface area contributed by atoms with Crippen LogP contribution < -0.4 is 5.73 Å². The van der Waals surface area contributed by atoms with E-state index >= 15 is 0 Å². The molecule has 0 atom stereocenters. The highest BCUT2D eigenvalue weighted by molar-refractivity contribution is 7.98. The van der Waals surface area contributed by atoms with E-state index in [-0.39, 0.29) is 11.4 Å². The topological polar surface area (TPSA) is 69.2 Å². The SMILES string of the molecule is CCCCSCc1ccc(N)c([N+](=O)[O-])c1. The van der Waals surface area contributed by atoms with Gasteiger partial charge in [0.1, 0.15) is 5.69 Å². The van der Waals surface area contributed by atoms with Crippen molar-refractivity contribution in [1.82, 2.24) is 0 Å². The lowest BCUT2D eigenvalue weighted by Gasteiger charge is -2.03. The van der Waals surface area contributed by atoms with E-state index in [0.717, 1.165) is 17.1 Å². The van der Waals surface area contributed by atoms with Crippen LogP contribution in [0.3, 0.4) is 0 Å². The first-order valence-electron chi connectivity index (χ1n) is 5.25. The van der Waals surface area contributed by atoms with Gasteiger partial charge in [0.2, 0.25) is 0 Å². The number of unbranched alkanes of at least 4 members (excludes halogenated alkanes) is 1. The van der Waals surface area contributed by atoms with Crippen molar-refractivity contribution in [1.29, 1.82) is 0 Å². The lowest BCUT2D eigenvalue weighted by Crippen LogP contribution is -1.96. The molecule has 5 heteroatoms. The summed E-state index contributed by atoms with van der Waals surface area (Å²) in [6.07, 6.45) is 2.36. The maximum Gasteiger partial charge on any atom is 0.292 e. The Kier molecular flexibility index (Phi) is 5.11. The van der Waals surface area contributed by atoms with Crippen molar-refractivity contribution in [2.75, 3.05) is 11.5 Å². The highest BCUT2D eigenvalue weighted by Gasteiger charge is 2.11. The molecule has 0 aliphatic carbocycles. The molecule has 0 aromatic heterocycles. The normalized spacial score (nSPS) is 10.3. The quantitative estimate of drug-likeness (QED) is 0.359. The van der Waals surface area contributed by atoms with Crippen molar-refractivity contribution in [3.8, 4) is 0 Å². The van der Waals surface area contributed by atoms with Gasteiger partial charge in [-0.15, -0.1) is 0 Å². The van der Waals surface area contributed by atoms with Crippen molar-refractivity contribution in [2.24, 2.45) is 0 Å². The third-order valence-electron chi connectivity index (χ3n) is 2.20. The molecule has 88 valence electrons. The first kappa shape index (κ1) is 12.8. The van der Waals surface area contributed by atoms with E-state index in [2.05, 4.69) is 6.92 Å². The first-order chi connectivity index (χ1) is 7.65. The van der Waals surface area contributed by atoms with Gasteiger partial charge in [-0.2, -0.15) is 11.8 Å². The Balaban J connectivity index is 2.61. The van der Waals surface area contributed by atoms with Crippen LogP contribution in [0.1, 0.15) is 25.3 Å². The molecule has 4 nitrogen and oxygen atoms in total. The summed E-state index contributed by atoms with van der Waals surface area (Å²) in [5, 5.41) is 10.7. The Labute approximate surface area is 99.4 Å². The number of anilines is 1. The third-order valence-corrected chi connectivity index (χ3v) is 3.32. The number of nitro groups is 1. The Morgan fingerprint density at radius 2 is 2.25 bits per heavy atom. The molecule has 16 heavy (non-hydrogen) atoms. The molecule has 1 rings (SSSR count). The maximum absolute atomic E-state index is 10.7. The largest absolute Gasteiger partial charge is 0.393 e. The molecule has 0 heterocycles. The monoisotopic (exact) mass is 240 g/mol. The van der Waals surface area contributed by atoms with E-state index in [1.807, 2.05) is 6.07 Å².